The minimum absolute atomic E-state index is 0.165. The monoisotopic (exact) mass is 400 g/mol. The van der Waals surface area contributed by atoms with Gasteiger partial charge in [0.15, 0.2) is 0 Å². The summed E-state index contributed by atoms with van der Waals surface area (Å²) in [4.78, 5) is 9.66. The Kier molecular flexibility index (Phi) is 6.54. The zero-order valence-corrected chi connectivity index (χ0v) is 17.9. The SMILES string of the molecule is CC(C)CCn1c(CN2CC[C@@H](N3CCC(O)CC3)[C@H](O)C2)nc2ccccc21. The maximum Gasteiger partial charge on any atom is 0.124 e. The van der Waals surface area contributed by atoms with Crippen molar-refractivity contribution in [1.29, 1.82) is 0 Å². The predicted molar refractivity (Wildman–Crippen MR) is 116 cm³/mol. The molecule has 0 spiro atoms. The first-order valence-electron chi connectivity index (χ1n) is 11.3. The van der Waals surface area contributed by atoms with E-state index in [1.54, 1.807) is 0 Å². The van der Waals surface area contributed by atoms with Crippen molar-refractivity contribution in [3.05, 3.63) is 30.1 Å². The van der Waals surface area contributed by atoms with Gasteiger partial charge in [0.05, 0.1) is 29.8 Å². The van der Waals surface area contributed by atoms with Crippen molar-refractivity contribution in [2.75, 3.05) is 26.2 Å². The van der Waals surface area contributed by atoms with Gasteiger partial charge in [-0.05, 0) is 43.7 Å². The molecule has 1 aromatic carbocycles. The van der Waals surface area contributed by atoms with Crippen molar-refractivity contribution < 1.29 is 10.2 Å². The van der Waals surface area contributed by atoms with E-state index in [4.69, 9.17) is 4.98 Å². The molecule has 2 atom stereocenters. The van der Waals surface area contributed by atoms with Gasteiger partial charge in [0.25, 0.3) is 0 Å². The molecule has 0 aliphatic carbocycles. The van der Waals surface area contributed by atoms with E-state index < -0.39 is 0 Å². The Hall–Kier alpha value is -1.47. The number of aliphatic hydroxyl groups is 2. The molecular formula is C23H36N4O2. The fourth-order valence-corrected chi connectivity index (χ4v) is 4.85. The minimum Gasteiger partial charge on any atom is -0.393 e. The fourth-order valence-electron chi connectivity index (χ4n) is 4.85. The highest BCUT2D eigenvalue weighted by molar-refractivity contribution is 5.75. The number of fused-ring (bicyclic) bond motifs is 1. The van der Waals surface area contributed by atoms with E-state index in [2.05, 4.69) is 52.5 Å². The highest BCUT2D eigenvalue weighted by Crippen LogP contribution is 2.24. The van der Waals surface area contributed by atoms with Crippen LogP contribution >= 0.6 is 0 Å². The summed E-state index contributed by atoms with van der Waals surface area (Å²) in [5.74, 6) is 1.77. The number of imidazole rings is 1. The second-order valence-corrected chi connectivity index (χ2v) is 9.28. The summed E-state index contributed by atoms with van der Waals surface area (Å²) in [6, 6.07) is 8.62. The summed E-state index contributed by atoms with van der Waals surface area (Å²) in [7, 11) is 0. The van der Waals surface area contributed by atoms with Crippen LogP contribution in [0, 0.1) is 5.92 Å². The van der Waals surface area contributed by atoms with Gasteiger partial charge in [-0.25, -0.2) is 4.98 Å². The normalized spacial score (nSPS) is 25.3. The lowest BCUT2D eigenvalue weighted by molar-refractivity contribution is -0.0361. The Bertz CT molecular complexity index is 797. The molecule has 2 fully saturated rings. The molecule has 2 aliphatic heterocycles. The van der Waals surface area contributed by atoms with E-state index in [-0.39, 0.29) is 18.2 Å². The molecule has 1 aromatic heterocycles. The van der Waals surface area contributed by atoms with E-state index in [1.807, 2.05) is 0 Å². The number of aromatic nitrogens is 2. The second-order valence-electron chi connectivity index (χ2n) is 9.28. The van der Waals surface area contributed by atoms with Crippen molar-refractivity contribution in [1.82, 2.24) is 19.4 Å². The maximum atomic E-state index is 10.8. The van der Waals surface area contributed by atoms with E-state index in [9.17, 15) is 10.2 Å². The third-order valence-electron chi connectivity index (χ3n) is 6.63. The number of benzene rings is 1. The standard InChI is InChI=1S/C23H36N4O2/c1-17(2)7-14-27-20-6-4-3-5-19(20)24-23(27)16-25-11-10-21(22(29)15-25)26-12-8-18(28)9-13-26/h3-6,17-18,21-22,28-29H,7-16H2,1-2H3/t21-,22-/m1/s1. The molecule has 6 nitrogen and oxygen atoms in total. The van der Waals surface area contributed by atoms with Gasteiger partial charge < -0.3 is 14.8 Å². The summed E-state index contributed by atoms with van der Waals surface area (Å²) in [5, 5.41) is 20.6. The highest BCUT2D eigenvalue weighted by Gasteiger charge is 2.34. The number of rotatable bonds is 6. The third kappa shape index (κ3) is 4.82. The van der Waals surface area contributed by atoms with Gasteiger partial charge in [0.1, 0.15) is 5.82 Å². The number of para-hydroxylation sites is 2. The molecule has 3 heterocycles. The van der Waals surface area contributed by atoms with Crippen molar-refractivity contribution in [3.63, 3.8) is 0 Å². The molecule has 4 rings (SSSR count). The minimum atomic E-state index is -0.340. The van der Waals surface area contributed by atoms with Gasteiger partial charge >= 0.3 is 0 Å². The van der Waals surface area contributed by atoms with Crippen LogP contribution in [0.2, 0.25) is 0 Å². The van der Waals surface area contributed by atoms with Crippen LogP contribution in [0.25, 0.3) is 11.0 Å². The lowest BCUT2D eigenvalue weighted by Crippen LogP contribution is -2.56. The summed E-state index contributed by atoms with van der Waals surface area (Å²) in [6.45, 7) is 9.77. The molecule has 6 heteroatoms. The average molecular weight is 401 g/mol. The summed E-state index contributed by atoms with van der Waals surface area (Å²) in [5.41, 5.74) is 2.28. The average Bonchev–Trinajstić information content (AvgIpc) is 3.04. The molecule has 2 N–H and O–H groups in total. The Balaban J connectivity index is 1.43. The van der Waals surface area contributed by atoms with Crippen LogP contribution in [0.5, 0.6) is 0 Å². The smallest absolute Gasteiger partial charge is 0.124 e. The van der Waals surface area contributed by atoms with Gasteiger partial charge in [-0.1, -0.05) is 26.0 Å². The lowest BCUT2D eigenvalue weighted by Gasteiger charge is -2.43. The van der Waals surface area contributed by atoms with Crippen LogP contribution in [-0.2, 0) is 13.1 Å². The lowest BCUT2D eigenvalue weighted by atomic mass is 9.96. The van der Waals surface area contributed by atoms with Crippen LogP contribution < -0.4 is 0 Å². The van der Waals surface area contributed by atoms with Crippen LogP contribution in [0.4, 0.5) is 0 Å². The Morgan fingerprint density at radius 3 is 2.55 bits per heavy atom. The van der Waals surface area contributed by atoms with Crippen molar-refractivity contribution in [2.24, 2.45) is 5.92 Å². The molecule has 0 amide bonds. The van der Waals surface area contributed by atoms with Gasteiger partial charge in [-0.2, -0.15) is 0 Å². The molecule has 160 valence electrons. The van der Waals surface area contributed by atoms with Crippen LogP contribution in [0.15, 0.2) is 24.3 Å². The summed E-state index contributed by atoms with van der Waals surface area (Å²) in [6.07, 6.45) is 3.26. The summed E-state index contributed by atoms with van der Waals surface area (Å²) >= 11 is 0. The first-order valence-corrected chi connectivity index (χ1v) is 11.3. The first-order chi connectivity index (χ1) is 14.0. The number of piperidine rings is 2. The number of aryl methyl sites for hydroxylation is 1. The molecule has 2 aliphatic rings. The molecule has 0 saturated carbocycles. The molecule has 2 aromatic rings. The zero-order chi connectivity index (χ0) is 20.4. The van der Waals surface area contributed by atoms with Crippen molar-refractivity contribution in [2.45, 2.75) is 70.9 Å². The highest BCUT2D eigenvalue weighted by atomic mass is 16.3. The van der Waals surface area contributed by atoms with E-state index >= 15 is 0 Å². The molecular weight excluding hydrogens is 364 g/mol. The van der Waals surface area contributed by atoms with E-state index in [0.29, 0.717) is 12.5 Å². The predicted octanol–water partition coefficient (Wildman–Crippen LogP) is 2.47. The molecule has 0 radical (unpaired) electrons. The van der Waals surface area contributed by atoms with Gasteiger partial charge in [-0.15, -0.1) is 0 Å². The van der Waals surface area contributed by atoms with Crippen LogP contribution in [0.1, 0.15) is 45.4 Å². The number of hydrogen-bond acceptors (Lipinski definition) is 5. The van der Waals surface area contributed by atoms with Crippen molar-refractivity contribution >= 4 is 11.0 Å². The molecule has 2 saturated heterocycles. The van der Waals surface area contributed by atoms with Gasteiger partial charge in [0, 0.05) is 38.8 Å². The Morgan fingerprint density at radius 2 is 1.83 bits per heavy atom. The number of nitrogens with zero attached hydrogens (tertiary/aromatic N) is 4. The number of aliphatic hydroxyl groups excluding tert-OH is 2. The van der Waals surface area contributed by atoms with Crippen molar-refractivity contribution in [3.8, 4) is 0 Å². The zero-order valence-electron chi connectivity index (χ0n) is 17.9. The number of β-amino-alcohol motifs (C(OH)–C–C–N with tert-alkyl or cyclic N) is 1. The van der Waals surface area contributed by atoms with Gasteiger partial charge in [0.2, 0.25) is 0 Å². The molecule has 29 heavy (non-hydrogen) atoms. The number of likely N-dealkylation sites (tertiary alicyclic amines) is 2. The molecule has 0 unspecified atom stereocenters. The van der Waals surface area contributed by atoms with Crippen LogP contribution in [0.3, 0.4) is 0 Å². The van der Waals surface area contributed by atoms with Crippen LogP contribution in [-0.4, -0.2) is 74.0 Å². The topological polar surface area (TPSA) is 64.8 Å². The van der Waals surface area contributed by atoms with Gasteiger partial charge in [-0.3, -0.25) is 9.80 Å². The second kappa shape index (κ2) is 9.13. The number of hydrogen-bond donors (Lipinski definition) is 2. The fraction of sp³-hybridized carbons (Fsp3) is 0.696. The third-order valence-corrected chi connectivity index (χ3v) is 6.63. The quantitative estimate of drug-likeness (QED) is 0.780. The molecule has 0 bridgehead atoms. The van der Waals surface area contributed by atoms with E-state index in [0.717, 1.165) is 69.7 Å². The Labute approximate surface area is 174 Å². The summed E-state index contributed by atoms with van der Waals surface area (Å²) < 4.78 is 2.37. The first kappa shape index (κ1) is 20.8. The Morgan fingerprint density at radius 1 is 1.07 bits per heavy atom. The van der Waals surface area contributed by atoms with E-state index in [1.165, 1.54) is 5.52 Å². The maximum absolute atomic E-state index is 10.8. The largest absolute Gasteiger partial charge is 0.393 e.